The largest absolute Gasteiger partial charge is 0.462 e. The second-order valence-electron chi connectivity index (χ2n) is 23.4. The van der Waals surface area contributed by atoms with Crippen molar-refractivity contribution in [2.45, 2.75) is 348 Å². The molecule has 0 amide bonds. The lowest BCUT2D eigenvalue weighted by Gasteiger charge is -2.18. The van der Waals surface area contributed by atoms with Gasteiger partial charge in [0.25, 0.3) is 0 Å². The molecule has 0 radical (unpaired) electrons. The van der Waals surface area contributed by atoms with Crippen molar-refractivity contribution in [1.29, 1.82) is 0 Å². The van der Waals surface area contributed by atoms with E-state index in [2.05, 4.69) is 130 Å². The Bertz CT molecular complexity index is 1660. The number of rotatable bonds is 64. The molecule has 1 atom stereocenters. The van der Waals surface area contributed by atoms with Gasteiger partial charge in [-0.15, -0.1) is 0 Å². The third-order valence-corrected chi connectivity index (χ3v) is 15.2. The first-order chi connectivity index (χ1) is 41.0. The highest BCUT2D eigenvalue weighted by Crippen LogP contribution is 2.17. The maximum atomic E-state index is 12.9. The molecule has 0 saturated heterocycles. The summed E-state index contributed by atoms with van der Waals surface area (Å²) >= 11 is 0. The van der Waals surface area contributed by atoms with Crippen molar-refractivity contribution in [2.75, 3.05) is 13.2 Å². The molecule has 0 heterocycles. The van der Waals surface area contributed by atoms with Crippen molar-refractivity contribution in [3.63, 3.8) is 0 Å². The van der Waals surface area contributed by atoms with Crippen LogP contribution in [0.5, 0.6) is 0 Å². The lowest BCUT2D eigenvalue weighted by Crippen LogP contribution is -2.30. The Balaban J connectivity index is 4.30. The minimum absolute atomic E-state index is 0.0839. The fourth-order valence-corrected chi connectivity index (χ4v) is 9.94. The lowest BCUT2D eigenvalue weighted by molar-refractivity contribution is -0.167. The minimum Gasteiger partial charge on any atom is -0.462 e. The molecule has 0 saturated carbocycles. The van der Waals surface area contributed by atoms with Crippen LogP contribution in [0.2, 0.25) is 0 Å². The van der Waals surface area contributed by atoms with Gasteiger partial charge in [0.15, 0.2) is 6.10 Å². The Kier molecular flexibility index (Phi) is 67.2. The number of ether oxygens (including phenoxy) is 3. The zero-order valence-electron chi connectivity index (χ0n) is 54.7. The molecule has 0 bridgehead atoms. The van der Waals surface area contributed by atoms with Gasteiger partial charge in [0.2, 0.25) is 0 Å². The number of hydrogen-bond acceptors (Lipinski definition) is 6. The zero-order valence-corrected chi connectivity index (χ0v) is 54.7. The van der Waals surface area contributed by atoms with E-state index in [1.165, 1.54) is 186 Å². The highest BCUT2D eigenvalue weighted by atomic mass is 16.6. The van der Waals surface area contributed by atoms with Gasteiger partial charge in [0, 0.05) is 19.3 Å². The number of hydrogen-bond donors (Lipinski definition) is 0. The van der Waals surface area contributed by atoms with Crippen LogP contribution in [-0.2, 0) is 28.6 Å². The topological polar surface area (TPSA) is 78.9 Å². The number of allylic oxidation sites excluding steroid dienone is 18. The molecule has 0 aliphatic heterocycles. The predicted molar refractivity (Wildman–Crippen MR) is 362 cm³/mol. The number of esters is 3. The molecule has 0 fully saturated rings. The van der Waals surface area contributed by atoms with Gasteiger partial charge < -0.3 is 14.2 Å². The van der Waals surface area contributed by atoms with E-state index >= 15 is 0 Å². The van der Waals surface area contributed by atoms with Crippen molar-refractivity contribution >= 4 is 17.9 Å². The Morgan fingerprint density at radius 2 is 0.470 bits per heavy atom. The first-order valence-electron chi connectivity index (χ1n) is 35.4. The number of unbranched alkanes of at least 4 members (excludes halogenated alkanes) is 35. The summed E-state index contributed by atoms with van der Waals surface area (Å²) in [6.45, 7) is 6.53. The fourth-order valence-electron chi connectivity index (χ4n) is 9.94. The number of carbonyl (C=O) groups is 3. The molecular formula is C77H132O6. The molecule has 0 aromatic rings. The molecule has 0 spiro atoms. The summed E-state index contributed by atoms with van der Waals surface area (Å²) in [5, 5.41) is 0. The van der Waals surface area contributed by atoms with E-state index in [0.29, 0.717) is 19.3 Å². The lowest BCUT2D eigenvalue weighted by atomic mass is 10.0. The molecule has 6 heteroatoms. The van der Waals surface area contributed by atoms with E-state index in [1.54, 1.807) is 0 Å². The molecule has 0 aliphatic rings. The molecular weight excluding hydrogens is 1020 g/mol. The fraction of sp³-hybridized carbons (Fsp3) is 0.727. The number of carbonyl (C=O) groups excluding carboxylic acids is 3. The van der Waals surface area contributed by atoms with Crippen LogP contribution in [0.3, 0.4) is 0 Å². The summed E-state index contributed by atoms with van der Waals surface area (Å²) in [5.41, 5.74) is 0. The molecule has 6 nitrogen and oxygen atoms in total. The van der Waals surface area contributed by atoms with Gasteiger partial charge >= 0.3 is 17.9 Å². The maximum absolute atomic E-state index is 12.9. The highest BCUT2D eigenvalue weighted by molar-refractivity contribution is 5.71. The van der Waals surface area contributed by atoms with Crippen molar-refractivity contribution in [3.8, 4) is 0 Å². The standard InChI is InChI=1S/C77H132O6/c1-4-7-10-13-16-19-22-25-28-31-33-34-35-36-37-38-39-40-41-42-43-44-45-47-49-52-55-58-61-64-67-70-76(79)82-73-74(72-81-75(78)69-66-63-60-57-54-51-48-30-27-24-21-18-15-12-9-6-3)83-77(80)71-68-65-62-59-56-53-50-46-32-29-26-23-20-17-14-11-8-5-2/h7,10,16,19,21,24-25,28-30,32-34,36-37,39-40,48,74H,4-6,8-9,11-15,17-18,20,22-23,26-27,31,35,38,41-47,49-73H2,1-3H3/b10-7-,19-16-,24-21-,28-25-,32-29-,34-33-,37-36-,40-39-,48-30-. The molecule has 1 unspecified atom stereocenters. The van der Waals surface area contributed by atoms with Gasteiger partial charge in [-0.05, 0) is 128 Å². The molecule has 0 N–H and O–H groups in total. The summed E-state index contributed by atoms with van der Waals surface area (Å²) < 4.78 is 17.0. The van der Waals surface area contributed by atoms with Crippen molar-refractivity contribution in [3.05, 3.63) is 109 Å². The van der Waals surface area contributed by atoms with Crippen molar-refractivity contribution < 1.29 is 28.6 Å². The van der Waals surface area contributed by atoms with Crippen LogP contribution < -0.4 is 0 Å². The van der Waals surface area contributed by atoms with E-state index < -0.39 is 6.10 Å². The smallest absolute Gasteiger partial charge is 0.306 e. The van der Waals surface area contributed by atoms with Crippen molar-refractivity contribution in [1.82, 2.24) is 0 Å². The SMILES string of the molecule is CC/C=C\C/C=C\C/C=C\C/C=C\C/C=C\C/C=C\CCCCCCCCCCCCCCC(=O)OCC(COC(=O)CCCCCCC/C=C\C/C=C\CCCCCC)OC(=O)CCCCCCCCC/C=C\CCCCCCCCC. The van der Waals surface area contributed by atoms with E-state index in [4.69, 9.17) is 14.2 Å². The van der Waals surface area contributed by atoms with Crippen molar-refractivity contribution in [2.24, 2.45) is 0 Å². The van der Waals surface area contributed by atoms with E-state index in [1.807, 2.05) is 0 Å². The third kappa shape index (κ3) is 68.7. The summed E-state index contributed by atoms with van der Waals surface area (Å²) in [4.78, 5) is 38.4. The second kappa shape index (κ2) is 70.6. The molecule has 83 heavy (non-hydrogen) atoms. The van der Waals surface area contributed by atoms with Gasteiger partial charge in [0.1, 0.15) is 13.2 Å². The van der Waals surface area contributed by atoms with Crippen LogP contribution in [0.15, 0.2) is 109 Å². The van der Waals surface area contributed by atoms with Gasteiger partial charge in [-0.25, -0.2) is 0 Å². The quantitative estimate of drug-likeness (QED) is 0.0261. The second-order valence-corrected chi connectivity index (χ2v) is 23.4. The summed E-state index contributed by atoms with van der Waals surface area (Å²) in [7, 11) is 0. The van der Waals surface area contributed by atoms with Gasteiger partial charge in [0.05, 0.1) is 0 Å². The summed E-state index contributed by atoms with van der Waals surface area (Å²) in [6.07, 6.45) is 96.8. The predicted octanol–water partition coefficient (Wildman–Crippen LogP) is 24.6. The minimum atomic E-state index is -0.789. The zero-order chi connectivity index (χ0) is 59.9. The van der Waals surface area contributed by atoms with E-state index in [9.17, 15) is 14.4 Å². The van der Waals surface area contributed by atoms with Crippen LogP contribution in [-0.4, -0.2) is 37.2 Å². The first kappa shape index (κ1) is 79.1. The van der Waals surface area contributed by atoms with Gasteiger partial charge in [-0.1, -0.05) is 304 Å². The third-order valence-electron chi connectivity index (χ3n) is 15.2. The average Bonchev–Trinajstić information content (AvgIpc) is 3.49. The van der Waals surface area contributed by atoms with E-state index in [0.717, 1.165) is 116 Å². The normalized spacial score (nSPS) is 12.8. The van der Waals surface area contributed by atoms with Gasteiger partial charge in [-0.3, -0.25) is 14.4 Å². The molecule has 0 aliphatic carbocycles. The highest BCUT2D eigenvalue weighted by Gasteiger charge is 2.19. The Labute approximate surface area is 514 Å². The monoisotopic (exact) mass is 1150 g/mol. The molecule has 476 valence electrons. The van der Waals surface area contributed by atoms with Crippen LogP contribution in [0.4, 0.5) is 0 Å². The Morgan fingerprint density at radius 3 is 0.759 bits per heavy atom. The molecule has 0 rings (SSSR count). The summed E-state index contributed by atoms with van der Waals surface area (Å²) in [6, 6.07) is 0. The summed E-state index contributed by atoms with van der Waals surface area (Å²) in [5.74, 6) is -0.890. The maximum Gasteiger partial charge on any atom is 0.306 e. The van der Waals surface area contributed by atoms with Crippen LogP contribution in [0, 0.1) is 0 Å². The molecule has 0 aromatic carbocycles. The van der Waals surface area contributed by atoms with Crippen LogP contribution in [0.1, 0.15) is 342 Å². The van der Waals surface area contributed by atoms with Gasteiger partial charge in [-0.2, -0.15) is 0 Å². The Morgan fingerprint density at radius 1 is 0.253 bits per heavy atom. The Hall–Kier alpha value is -3.93. The van der Waals surface area contributed by atoms with Crippen LogP contribution in [0.25, 0.3) is 0 Å². The average molecular weight is 1150 g/mol. The van der Waals surface area contributed by atoms with E-state index in [-0.39, 0.29) is 31.1 Å². The van der Waals surface area contributed by atoms with Crippen LogP contribution >= 0.6 is 0 Å². The molecule has 0 aromatic heterocycles. The first-order valence-corrected chi connectivity index (χ1v) is 35.4.